The smallest absolute Gasteiger partial charge is 0.246 e. The number of ether oxygens (including phenoxy) is 2. The third-order valence-corrected chi connectivity index (χ3v) is 6.82. The van der Waals surface area contributed by atoms with Crippen LogP contribution in [0, 0.1) is 5.92 Å². The van der Waals surface area contributed by atoms with Gasteiger partial charge in [0, 0.05) is 36.8 Å². The Morgan fingerprint density at radius 1 is 1.16 bits per heavy atom. The molecule has 2 aliphatic heterocycles. The van der Waals surface area contributed by atoms with Gasteiger partial charge in [-0.25, -0.2) is 0 Å². The highest BCUT2D eigenvalue weighted by Gasteiger charge is 2.32. The lowest BCUT2D eigenvalue weighted by Gasteiger charge is -2.34. The van der Waals surface area contributed by atoms with E-state index < -0.39 is 0 Å². The van der Waals surface area contributed by atoms with E-state index in [1.165, 1.54) is 5.56 Å². The molecule has 5 rings (SSSR count). The summed E-state index contributed by atoms with van der Waals surface area (Å²) >= 11 is 1.65. The lowest BCUT2D eigenvalue weighted by atomic mass is 9.97. The van der Waals surface area contributed by atoms with Gasteiger partial charge in [-0.1, -0.05) is 36.4 Å². The van der Waals surface area contributed by atoms with Crippen molar-refractivity contribution in [2.75, 3.05) is 26.3 Å². The quantitative estimate of drug-likeness (QED) is 0.527. The van der Waals surface area contributed by atoms with Crippen molar-refractivity contribution in [3.8, 4) is 10.6 Å². The van der Waals surface area contributed by atoms with Crippen molar-refractivity contribution < 1.29 is 14.3 Å². The van der Waals surface area contributed by atoms with Gasteiger partial charge in [0.2, 0.25) is 5.91 Å². The first kappa shape index (κ1) is 21.1. The average Bonchev–Trinajstić information content (AvgIpc) is 3.60. The summed E-state index contributed by atoms with van der Waals surface area (Å²) < 4.78 is 13.3. The number of rotatable bonds is 6. The van der Waals surface area contributed by atoms with Crippen molar-refractivity contribution in [2.24, 2.45) is 5.92 Å². The number of carbonyl (C=O) groups excluding carboxylic acids is 1. The van der Waals surface area contributed by atoms with E-state index in [9.17, 15) is 4.79 Å². The summed E-state index contributed by atoms with van der Waals surface area (Å²) in [5.74, 6) is 0.277. The molecule has 0 saturated carbocycles. The van der Waals surface area contributed by atoms with Crippen molar-refractivity contribution >= 4 is 23.3 Å². The number of hydrogen-bond donors (Lipinski definition) is 0. The highest BCUT2D eigenvalue weighted by Crippen LogP contribution is 2.28. The Morgan fingerprint density at radius 2 is 2.00 bits per heavy atom. The lowest BCUT2D eigenvalue weighted by molar-refractivity contribution is -0.134. The molecule has 1 aromatic carbocycles. The fourth-order valence-electron chi connectivity index (χ4n) is 4.36. The second-order valence-corrected chi connectivity index (χ2v) is 9.17. The van der Waals surface area contributed by atoms with E-state index in [2.05, 4.69) is 18.2 Å². The SMILES string of the molecule is O=C(/C=C/c1cn(Cc2ccccc2)nc1-c1cccs1)N1CCCC(C2OCCO2)C1. The van der Waals surface area contributed by atoms with Gasteiger partial charge in [0.1, 0.15) is 5.69 Å². The van der Waals surface area contributed by atoms with Gasteiger partial charge in [-0.3, -0.25) is 9.48 Å². The zero-order valence-electron chi connectivity index (χ0n) is 17.9. The minimum atomic E-state index is -0.170. The van der Waals surface area contributed by atoms with Crippen molar-refractivity contribution in [1.82, 2.24) is 14.7 Å². The van der Waals surface area contributed by atoms with Crippen molar-refractivity contribution in [2.45, 2.75) is 25.7 Å². The summed E-state index contributed by atoms with van der Waals surface area (Å²) in [4.78, 5) is 16.0. The largest absolute Gasteiger partial charge is 0.350 e. The maximum atomic E-state index is 13.0. The lowest BCUT2D eigenvalue weighted by Crippen LogP contribution is -2.43. The first-order chi connectivity index (χ1) is 15.8. The molecule has 2 aromatic heterocycles. The normalized spacial score (nSPS) is 19.8. The molecular weight excluding hydrogens is 422 g/mol. The van der Waals surface area contributed by atoms with Gasteiger partial charge < -0.3 is 14.4 Å². The molecule has 0 radical (unpaired) electrons. The second-order valence-electron chi connectivity index (χ2n) is 8.22. The zero-order valence-corrected chi connectivity index (χ0v) is 18.7. The number of likely N-dealkylation sites (tertiary alicyclic amines) is 1. The van der Waals surface area contributed by atoms with Crippen molar-refractivity contribution in [3.05, 3.63) is 71.2 Å². The average molecular weight is 450 g/mol. The van der Waals surface area contributed by atoms with Crippen LogP contribution in [0.1, 0.15) is 24.0 Å². The Kier molecular flexibility index (Phi) is 6.48. The minimum absolute atomic E-state index is 0.0284. The monoisotopic (exact) mass is 449 g/mol. The van der Waals surface area contributed by atoms with Crippen molar-refractivity contribution in [1.29, 1.82) is 0 Å². The third kappa shape index (κ3) is 4.85. The molecule has 3 aromatic rings. The molecule has 4 heterocycles. The Labute approximate surface area is 192 Å². The number of hydrogen-bond acceptors (Lipinski definition) is 5. The number of amides is 1. The maximum Gasteiger partial charge on any atom is 0.246 e. The number of benzene rings is 1. The van der Waals surface area contributed by atoms with E-state index >= 15 is 0 Å². The fourth-order valence-corrected chi connectivity index (χ4v) is 5.09. The van der Waals surface area contributed by atoms with Gasteiger partial charge in [0.15, 0.2) is 6.29 Å². The summed E-state index contributed by atoms with van der Waals surface area (Å²) in [7, 11) is 0. The van der Waals surface area contributed by atoms with Gasteiger partial charge in [-0.05, 0) is 35.9 Å². The molecule has 7 heteroatoms. The first-order valence-corrected chi connectivity index (χ1v) is 12.0. The molecule has 0 bridgehead atoms. The van der Waals surface area contributed by atoms with E-state index in [1.54, 1.807) is 17.4 Å². The Bertz CT molecular complexity index is 1060. The molecule has 32 heavy (non-hydrogen) atoms. The van der Waals surface area contributed by atoms with Crippen LogP contribution < -0.4 is 0 Å². The van der Waals surface area contributed by atoms with E-state index in [0.717, 1.165) is 35.5 Å². The van der Waals surface area contributed by atoms with Crippen LogP contribution in [0.5, 0.6) is 0 Å². The number of carbonyl (C=O) groups is 1. The molecule has 1 unspecified atom stereocenters. The third-order valence-electron chi connectivity index (χ3n) is 5.94. The van der Waals surface area contributed by atoms with Crippen LogP contribution in [-0.4, -0.2) is 53.2 Å². The molecule has 0 N–H and O–H groups in total. The number of aromatic nitrogens is 2. The molecule has 1 atom stereocenters. The number of nitrogens with zero attached hydrogens (tertiary/aromatic N) is 3. The highest BCUT2D eigenvalue weighted by molar-refractivity contribution is 7.13. The van der Waals surface area contributed by atoms with E-state index in [-0.39, 0.29) is 18.1 Å². The number of piperidine rings is 1. The highest BCUT2D eigenvalue weighted by atomic mass is 32.1. The van der Waals surface area contributed by atoms with Gasteiger partial charge in [-0.2, -0.15) is 5.10 Å². The van der Waals surface area contributed by atoms with Crippen LogP contribution in [0.25, 0.3) is 16.6 Å². The fraction of sp³-hybridized carbons (Fsp3) is 0.360. The molecule has 6 nitrogen and oxygen atoms in total. The summed E-state index contributed by atoms with van der Waals surface area (Å²) in [5, 5.41) is 6.87. The summed E-state index contributed by atoms with van der Waals surface area (Å²) in [6, 6.07) is 14.4. The topological polar surface area (TPSA) is 56.6 Å². The predicted molar refractivity (Wildman–Crippen MR) is 125 cm³/mol. The van der Waals surface area contributed by atoms with Crippen LogP contribution in [0.2, 0.25) is 0 Å². The Balaban J connectivity index is 1.32. The van der Waals surface area contributed by atoms with Gasteiger partial charge in [-0.15, -0.1) is 11.3 Å². The summed E-state index contributed by atoms with van der Waals surface area (Å²) in [6.07, 6.45) is 7.44. The van der Waals surface area contributed by atoms with E-state index in [1.807, 2.05) is 51.5 Å². The molecule has 0 spiro atoms. The van der Waals surface area contributed by atoms with Crippen molar-refractivity contribution in [3.63, 3.8) is 0 Å². The zero-order chi connectivity index (χ0) is 21.8. The van der Waals surface area contributed by atoms with E-state index in [4.69, 9.17) is 14.6 Å². The van der Waals surface area contributed by atoms with Gasteiger partial charge in [0.25, 0.3) is 0 Å². The van der Waals surface area contributed by atoms with Crippen LogP contribution in [-0.2, 0) is 20.8 Å². The van der Waals surface area contributed by atoms with Gasteiger partial charge >= 0.3 is 0 Å². The standard InChI is InChI=1S/C25H27N3O3S/c29-23(27-12-4-8-21(17-27)25-30-13-14-31-25)11-10-20-18-28(16-19-6-2-1-3-7-19)26-24(20)22-9-5-15-32-22/h1-3,5-7,9-11,15,18,21,25H,4,8,12-14,16-17H2/b11-10+. The van der Waals surface area contributed by atoms with Crippen LogP contribution in [0.4, 0.5) is 0 Å². The molecule has 2 aliphatic rings. The van der Waals surface area contributed by atoms with Crippen LogP contribution in [0.3, 0.4) is 0 Å². The molecule has 1 amide bonds. The maximum absolute atomic E-state index is 13.0. The summed E-state index contributed by atoms with van der Waals surface area (Å²) in [6.45, 7) is 3.44. The van der Waals surface area contributed by atoms with Gasteiger partial charge in [0.05, 0.1) is 24.6 Å². The van der Waals surface area contributed by atoms with Crippen LogP contribution in [0.15, 0.2) is 60.1 Å². The molecule has 2 fully saturated rings. The number of thiophene rings is 1. The summed E-state index contributed by atoms with van der Waals surface area (Å²) in [5.41, 5.74) is 3.05. The second kappa shape index (κ2) is 9.81. The Morgan fingerprint density at radius 3 is 2.78 bits per heavy atom. The molecule has 2 saturated heterocycles. The first-order valence-electron chi connectivity index (χ1n) is 11.1. The van der Waals surface area contributed by atoms with E-state index in [0.29, 0.717) is 26.3 Å². The minimum Gasteiger partial charge on any atom is -0.350 e. The Hall–Kier alpha value is -2.74. The predicted octanol–water partition coefficient (Wildman–Crippen LogP) is 4.28. The molecular formula is C25H27N3O3S. The molecule has 166 valence electrons. The molecule has 0 aliphatic carbocycles. The van der Waals surface area contributed by atoms with Crippen LogP contribution >= 0.6 is 11.3 Å².